The highest BCUT2D eigenvalue weighted by molar-refractivity contribution is 6.42. The molecule has 0 aliphatic heterocycles. The molecule has 20 heavy (non-hydrogen) atoms. The fraction of sp³-hybridized carbons (Fsp3) is 0.385. The Bertz CT molecular complexity index is 561. The van der Waals surface area contributed by atoms with Crippen molar-refractivity contribution in [2.24, 2.45) is 5.92 Å². The van der Waals surface area contributed by atoms with Gasteiger partial charge in [-0.1, -0.05) is 23.2 Å². The topological polar surface area (TPSA) is 78.4 Å². The summed E-state index contributed by atoms with van der Waals surface area (Å²) < 4.78 is 0. The van der Waals surface area contributed by atoms with Gasteiger partial charge in [-0.2, -0.15) is 0 Å². The third-order valence-electron chi connectivity index (χ3n) is 3.39. The Balaban J connectivity index is 2.04. The summed E-state index contributed by atoms with van der Waals surface area (Å²) in [5.74, 6) is -1.07. The van der Waals surface area contributed by atoms with E-state index in [4.69, 9.17) is 23.2 Å². The molecule has 0 aromatic heterocycles. The number of hydrogen-bond acceptors (Lipinski definition) is 2. The number of hydrogen-bond donors (Lipinski definition) is 3. The van der Waals surface area contributed by atoms with E-state index in [0.29, 0.717) is 15.7 Å². The van der Waals surface area contributed by atoms with Crippen LogP contribution in [-0.2, 0) is 4.79 Å². The molecule has 1 aromatic rings. The highest BCUT2D eigenvalue weighted by Crippen LogP contribution is 2.39. The van der Waals surface area contributed by atoms with Crippen LogP contribution in [-0.4, -0.2) is 22.6 Å². The number of halogens is 2. The van der Waals surface area contributed by atoms with E-state index in [1.54, 1.807) is 12.1 Å². The molecule has 1 aromatic carbocycles. The normalized spacial score (nSPS) is 17.1. The van der Waals surface area contributed by atoms with E-state index < -0.39 is 17.5 Å². The van der Waals surface area contributed by atoms with Gasteiger partial charge in [-0.3, -0.25) is 0 Å². The van der Waals surface area contributed by atoms with Crippen molar-refractivity contribution in [3.05, 3.63) is 28.2 Å². The molecule has 1 fully saturated rings. The van der Waals surface area contributed by atoms with Crippen molar-refractivity contribution >= 4 is 40.9 Å². The maximum absolute atomic E-state index is 11.9. The van der Waals surface area contributed by atoms with Crippen molar-refractivity contribution in [3.63, 3.8) is 0 Å². The van der Waals surface area contributed by atoms with Crippen molar-refractivity contribution in [1.29, 1.82) is 0 Å². The Labute approximate surface area is 126 Å². The number of benzene rings is 1. The molecule has 0 spiro atoms. The quantitative estimate of drug-likeness (QED) is 0.796. The van der Waals surface area contributed by atoms with Gasteiger partial charge >= 0.3 is 12.0 Å². The van der Waals surface area contributed by atoms with Crippen molar-refractivity contribution in [2.75, 3.05) is 5.32 Å². The number of amides is 2. The number of urea groups is 1. The maximum atomic E-state index is 11.9. The minimum absolute atomic E-state index is 0.0282. The lowest BCUT2D eigenvalue weighted by atomic mass is 9.96. The first-order valence-electron chi connectivity index (χ1n) is 6.10. The second-order valence-corrected chi connectivity index (χ2v) is 5.80. The predicted molar refractivity (Wildman–Crippen MR) is 77.4 cm³/mol. The van der Waals surface area contributed by atoms with Gasteiger partial charge in [0.15, 0.2) is 0 Å². The number of carboxylic acids is 1. The number of carbonyl (C=O) groups excluding carboxylic acids is 1. The van der Waals surface area contributed by atoms with E-state index in [2.05, 4.69) is 10.6 Å². The second-order valence-electron chi connectivity index (χ2n) is 4.99. The van der Waals surface area contributed by atoms with E-state index in [9.17, 15) is 14.7 Å². The molecule has 2 rings (SSSR count). The van der Waals surface area contributed by atoms with Gasteiger partial charge in [-0.25, -0.2) is 9.59 Å². The predicted octanol–water partition coefficient (Wildman–Crippen LogP) is 3.37. The van der Waals surface area contributed by atoms with Crippen molar-refractivity contribution in [3.8, 4) is 0 Å². The fourth-order valence-corrected chi connectivity index (χ4v) is 2.26. The standard InChI is InChI=1S/C13H14Cl2N2O3/c1-13(11(18)19,7-2-3-7)17-12(20)16-8-4-5-9(14)10(15)6-8/h4-7H,2-3H2,1H3,(H,18,19)(H2,16,17,20). The average molecular weight is 317 g/mol. The summed E-state index contributed by atoms with van der Waals surface area (Å²) in [6.07, 6.45) is 1.60. The minimum Gasteiger partial charge on any atom is -0.480 e. The monoisotopic (exact) mass is 316 g/mol. The van der Waals surface area contributed by atoms with Gasteiger partial charge in [-0.05, 0) is 43.9 Å². The summed E-state index contributed by atoms with van der Waals surface area (Å²) in [6, 6.07) is 4.05. The number of rotatable bonds is 4. The SMILES string of the molecule is CC(NC(=O)Nc1ccc(Cl)c(Cl)c1)(C(=O)O)C1CC1. The van der Waals surface area contributed by atoms with Crippen LogP contribution in [0.15, 0.2) is 18.2 Å². The highest BCUT2D eigenvalue weighted by atomic mass is 35.5. The Morgan fingerprint density at radius 1 is 1.30 bits per heavy atom. The molecule has 5 nitrogen and oxygen atoms in total. The lowest BCUT2D eigenvalue weighted by Gasteiger charge is -2.26. The lowest BCUT2D eigenvalue weighted by Crippen LogP contribution is -2.55. The molecule has 3 N–H and O–H groups in total. The van der Waals surface area contributed by atoms with Gasteiger partial charge in [-0.15, -0.1) is 0 Å². The van der Waals surface area contributed by atoms with E-state index >= 15 is 0 Å². The average Bonchev–Trinajstić information content (AvgIpc) is 3.17. The van der Waals surface area contributed by atoms with E-state index in [0.717, 1.165) is 12.8 Å². The minimum atomic E-state index is -1.25. The number of carboxylic acid groups (broad SMARTS) is 1. The second kappa shape index (κ2) is 5.50. The third-order valence-corrected chi connectivity index (χ3v) is 4.13. The first kappa shape index (κ1) is 14.9. The molecular formula is C13H14Cl2N2O3. The number of aliphatic carboxylic acids is 1. The zero-order chi connectivity index (χ0) is 14.9. The van der Waals surface area contributed by atoms with Gasteiger partial charge in [0.1, 0.15) is 5.54 Å². The van der Waals surface area contributed by atoms with Crippen LogP contribution in [0.1, 0.15) is 19.8 Å². The van der Waals surface area contributed by atoms with Gasteiger partial charge in [0.05, 0.1) is 10.0 Å². The molecule has 7 heteroatoms. The summed E-state index contributed by atoms with van der Waals surface area (Å²) in [6.45, 7) is 1.52. The fourth-order valence-electron chi connectivity index (χ4n) is 1.96. The first-order chi connectivity index (χ1) is 9.33. The van der Waals surface area contributed by atoms with E-state index in [1.807, 2.05) is 0 Å². The van der Waals surface area contributed by atoms with Crippen LogP contribution < -0.4 is 10.6 Å². The van der Waals surface area contributed by atoms with Crippen molar-refractivity contribution in [2.45, 2.75) is 25.3 Å². The molecule has 1 atom stereocenters. The Kier molecular flexibility index (Phi) is 4.11. The molecular weight excluding hydrogens is 303 g/mol. The molecule has 0 bridgehead atoms. The van der Waals surface area contributed by atoms with Gasteiger partial charge < -0.3 is 15.7 Å². The van der Waals surface area contributed by atoms with Crippen LogP contribution in [0.5, 0.6) is 0 Å². The summed E-state index contributed by atoms with van der Waals surface area (Å²) in [4.78, 5) is 23.2. The first-order valence-corrected chi connectivity index (χ1v) is 6.86. The van der Waals surface area contributed by atoms with E-state index in [-0.39, 0.29) is 5.92 Å². The number of carbonyl (C=O) groups is 2. The molecule has 1 aliphatic carbocycles. The van der Waals surface area contributed by atoms with Gasteiger partial charge in [0.25, 0.3) is 0 Å². The van der Waals surface area contributed by atoms with Crippen LogP contribution in [0.2, 0.25) is 10.0 Å². The van der Waals surface area contributed by atoms with Crippen molar-refractivity contribution in [1.82, 2.24) is 5.32 Å². The molecule has 1 unspecified atom stereocenters. The molecule has 0 saturated heterocycles. The van der Waals surface area contributed by atoms with Gasteiger partial charge in [0, 0.05) is 5.69 Å². The summed E-state index contributed by atoms with van der Waals surface area (Å²) in [5, 5.41) is 15.0. The Morgan fingerprint density at radius 2 is 1.95 bits per heavy atom. The highest BCUT2D eigenvalue weighted by Gasteiger charge is 2.48. The zero-order valence-electron chi connectivity index (χ0n) is 10.7. The molecule has 1 aliphatic rings. The summed E-state index contributed by atoms with van der Waals surface area (Å²) >= 11 is 11.6. The van der Waals surface area contributed by atoms with Crippen LogP contribution in [0.3, 0.4) is 0 Å². The summed E-state index contributed by atoms with van der Waals surface area (Å²) in [5.41, 5.74) is -0.805. The number of nitrogens with one attached hydrogen (secondary N) is 2. The maximum Gasteiger partial charge on any atom is 0.329 e. The van der Waals surface area contributed by atoms with Crippen LogP contribution in [0, 0.1) is 5.92 Å². The smallest absolute Gasteiger partial charge is 0.329 e. The third kappa shape index (κ3) is 3.16. The van der Waals surface area contributed by atoms with Crippen LogP contribution in [0.25, 0.3) is 0 Å². The summed E-state index contributed by atoms with van der Waals surface area (Å²) in [7, 11) is 0. The molecule has 0 radical (unpaired) electrons. The molecule has 2 amide bonds. The Morgan fingerprint density at radius 3 is 2.45 bits per heavy atom. The van der Waals surface area contributed by atoms with Crippen molar-refractivity contribution < 1.29 is 14.7 Å². The number of anilines is 1. The zero-order valence-corrected chi connectivity index (χ0v) is 12.3. The molecule has 0 heterocycles. The van der Waals surface area contributed by atoms with Crippen LogP contribution in [0.4, 0.5) is 10.5 Å². The van der Waals surface area contributed by atoms with Gasteiger partial charge in [0.2, 0.25) is 0 Å². The van der Waals surface area contributed by atoms with E-state index in [1.165, 1.54) is 13.0 Å². The van der Waals surface area contributed by atoms with Crippen LogP contribution >= 0.6 is 23.2 Å². The molecule has 108 valence electrons. The molecule has 1 saturated carbocycles. The lowest BCUT2D eigenvalue weighted by molar-refractivity contribution is -0.144. The Hall–Kier alpha value is -1.46. The largest absolute Gasteiger partial charge is 0.480 e.